The summed E-state index contributed by atoms with van der Waals surface area (Å²) in [5, 5.41) is 2.49. The third kappa shape index (κ3) is 6.89. The van der Waals surface area contributed by atoms with Crippen LogP contribution in [-0.2, 0) is 27.1 Å². The van der Waals surface area contributed by atoms with Crippen LogP contribution >= 0.6 is 0 Å². The van der Waals surface area contributed by atoms with Crippen molar-refractivity contribution in [1.29, 1.82) is 0 Å². The SMILES string of the molecule is CC(C)(C)c1cccc(-c2cccc3c2[N@@+]2(c4cc(C(C)(C)C)cc(C(C)(C)C)c4)[CH-][N@+]3(c3cccc(C(C)(C)c4ccc5c6ccccc6n(-c6cc(C(C)(C)C)ccn6)c5c4)c3)C2)c1. The lowest BCUT2D eigenvalue weighted by Crippen LogP contribution is -2.67. The lowest BCUT2D eigenvalue weighted by atomic mass is 9.77. The molecule has 2 bridgehead atoms. The Morgan fingerprint density at radius 3 is 1.71 bits per heavy atom. The van der Waals surface area contributed by atoms with Crippen molar-refractivity contribution in [3.8, 4) is 16.9 Å². The number of benzene rings is 6. The average Bonchev–Trinajstić information content (AvgIpc) is 3.87. The lowest BCUT2D eigenvalue weighted by Gasteiger charge is -2.56. The maximum atomic E-state index is 4.99. The molecule has 4 nitrogen and oxygen atoms in total. The fourth-order valence-corrected chi connectivity index (χ4v) is 10.8. The Bertz CT molecular complexity index is 3180. The zero-order chi connectivity index (χ0) is 47.0. The van der Waals surface area contributed by atoms with Crippen molar-refractivity contribution >= 4 is 44.6 Å². The molecule has 0 unspecified atom stereocenters. The molecule has 66 heavy (non-hydrogen) atoms. The van der Waals surface area contributed by atoms with Gasteiger partial charge in [0.15, 0.2) is 18.0 Å². The van der Waals surface area contributed by atoms with Gasteiger partial charge in [-0.3, -0.25) is 13.5 Å². The van der Waals surface area contributed by atoms with Crippen LogP contribution in [0, 0.1) is 6.67 Å². The molecule has 11 rings (SSSR count). The van der Waals surface area contributed by atoms with Gasteiger partial charge in [0, 0.05) is 52.2 Å². The van der Waals surface area contributed by atoms with Gasteiger partial charge >= 0.3 is 0 Å². The van der Waals surface area contributed by atoms with E-state index in [0.717, 1.165) is 12.5 Å². The van der Waals surface area contributed by atoms with E-state index in [-0.39, 0.29) is 27.1 Å². The number of hydrogen-bond donors (Lipinski definition) is 0. The first kappa shape index (κ1) is 44.0. The van der Waals surface area contributed by atoms with E-state index < -0.39 is 0 Å². The zero-order valence-electron chi connectivity index (χ0n) is 41.9. The molecule has 1 fully saturated rings. The summed E-state index contributed by atoms with van der Waals surface area (Å²) in [6.45, 7) is 36.2. The highest BCUT2D eigenvalue weighted by Gasteiger charge is 2.64. The number of rotatable bonds is 6. The summed E-state index contributed by atoms with van der Waals surface area (Å²) in [6.07, 6.45) is 1.97. The number of pyridine rings is 1. The molecule has 0 amide bonds. The Morgan fingerprint density at radius 1 is 0.455 bits per heavy atom. The fraction of sp³-hybridized carbons (Fsp3) is 0.323. The second kappa shape index (κ2) is 14.6. The van der Waals surface area contributed by atoms with Crippen LogP contribution in [0.4, 0.5) is 22.7 Å². The molecule has 2 atom stereocenters. The molecular weight excluding hydrogens is 801 g/mol. The van der Waals surface area contributed by atoms with Crippen LogP contribution in [0.3, 0.4) is 0 Å². The van der Waals surface area contributed by atoms with Gasteiger partial charge in [0.1, 0.15) is 17.2 Å². The summed E-state index contributed by atoms with van der Waals surface area (Å²) in [5.74, 6) is 0.955. The molecule has 0 N–H and O–H groups in total. The molecule has 0 spiro atoms. The van der Waals surface area contributed by atoms with Gasteiger partial charge in [-0.1, -0.05) is 176 Å². The van der Waals surface area contributed by atoms with E-state index in [9.17, 15) is 0 Å². The normalized spacial score (nSPS) is 18.8. The first-order valence-electron chi connectivity index (χ1n) is 24.1. The van der Waals surface area contributed by atoms with E-state index in [1.165, 1.54) is 89.1 Å². The molecule has 0 aliphatic carbocycles. The highest BCUT2D eigenvalue weighted by atomic mass is 15.7. The van der Waals surface area contributed by atoms with Gasteiger partial charge in [0.25, 0.3) is 0 Å². The Kier molecular flexibility index (Phi) is 9.74. The van der Waals surface area contributed by atoms with Crippen molar-refractivity contribution in [3.05, 3.63) is 186 Å². The van der Waals surface area contributed by atoms with Gasteiger partial charge in [0.2, 0.25) is 0 Å². The smallest absolute Gasteiger partial charge is 0.188 e. The molecule has 8 aromatic rings. The summed E-state index contributed by atoms with van der Waals surface area (Å²) in [7, 11) is 0. The molecule has 6 aromatic carbocycles. The van der Waals surface area contributed by atoms with Gasteiger partial charge in [-0.2, -0.15) is 0 Å². The van der Waals surface area contributed by atoms with Crippen LogP contribution < -0.4 is 8.97 Å². The monoisotopic (exact) mass is 870 g/mol. The van der Waals surface area contributed by atoms with Crippen LogP contribution in [0.1, 0.15) is 130 Å². The molecule has 5 heterocycles. The zero-order valence-corrected chi connectivity index (χ0v) is 41.9. The van der Waals surface area contributed by atoms with E-state index in [1.807, 2.05) is 6.20 Å². The van der Waals surface area contributed by atoms with Crippen LogP contribution in [0.2, 0.25) is 0 Å². The molecule has 0 saturated carbocycles. The topological polar surface area (TPSA) is 17.8 Å². The Hall–Kier alpha value is -5.81. The number of fused-ring (bicyclic) bond motifs is 3. The first-order chi connectivity index (χ1) is 30.9. The molecular formula is C62H69N4+. The minimum absolute atomic E-state index is 0.00147. The van der Waals surface area contributed by atoms with Crippen molar-refractivity contribution in [3.63, 3.8) is 0 Å². The fourth-order valence-electron chi connectivity index (χ4n) is 10.8. The minimum Gasteiger partial charge on any atom is -0.294 e. The van der Waals surface area contributed by atoms with E-state index in [2.05, 4.69) is 248 Å². The predicted octanol–water partition coefficient (Wildman–Crippen LogP) is 16.7. The number of aromatic nitrogens is 2. The summed E-state index contributed by atoms with van der Waals surface area (Å²) < 4.78 is 3.77. The predicted molar refractivity (Wildman–Crippen MR) is 282 cm³/mol. The quantitative estimate of drug-likeness (QED) is 0.120. The largest absolute Gasteiger partial charge is 0.294 e. The average molecular weight is 870 g/mol. The highest BCUT2D eigenvalue weighted by molar-refractivity contribution is 6.09. The van der Waals surface area contributed by atoms with Crippen molar-refractivity contribution in [2.45, 2.75) is 124 Å². The summed E-state index contributed by atoms with van der Waals surface area (Å²) in [6, 6.07) is 53.7. The molecule has 4 heteroatoms. The van der Waals surface area contributed by atoms with Gasteiger partial charge in [0.05, 0.1) is 17.7 Å². The number of quaternary nitrogens is 2. The van der Waals surface area contributed by atoms with Crippen molar-refractivity contribution < 1.29 is 0 Å². The van der Waals surface area contributed by atoms with Gasteiger partial charge in [-0.05, 0) is 97.0 Å². The van der Waals surface area contributed by atoms with E-state index >= 15 is 0 Å². The van der Waals surface area contributed by atoms with E-state index in [0.29, 0.717) is 8.97 Å². The van der Waals surface area contributed by atoms with Gasteiger partial charge in [-0.25, -0.2) is 4.98 Å². The second-order valence-electron chi connectivity index (χ2n) is 24.2. The second-order valence-corrected chi connectivity index (χ2v) is 24.2. The Balaban J connectivity index is 1.13. The molecule has 3 aliphatic rings. The summed E-state index contributed by atoms with van der Waals surface area (Å²) >= 11 is 0. The maximum absolute atomic E-state index is 4.99. The first-order valence-corrected chi connectivity index (χ1v) is 24.1. The van der Waals surface area contributed by atoms with E-state index in [4.69, 9.17) is 4.98 Å². The van der Waals surface area contributed by atoms with Crippen molar-refractivity contribution in [1.82, 2.24) is 18.5 Å². The van der Waals surface area contributed by atoms with Crippen molar-refractivity contribution in [2.24, 2.45) is 0 Å². The summed E-state index contributed by atoms with van der Waals surface area (Å²) in [4.78, 5) is 4.99. The molecule has 336 valence electrons. The van der Waals surface area contributed by atoms with Gasteiger partial charge in [-0.15, -0.1) is 0 Å². The van der Waals surface area contributed by atoms with Gasteiger partial charge < -0.3 is 0 Å². The van der Waals surface area contributed by atoms with Crippen LogP contribution in [0.25, 0.3) is 38.8 Å². The van der Waals surface area contributed by atoms with Crippen LogP contribution in [0.5, 0.6) is 0 Å². The maximum Gasteiger partial charge on any atom is 0.188 e. The molecule has 0 radical (unpaired) electrons. The number of para-hydroxylation sites is 2. The summed E-state index contributed by atoms with van der Waals surface area (Å²) in [5.41, 5.74) is 18.1. The molecule has 2 aromatic heterocycles. The standard InChI is InChI=1S/C62H69N4/c1-58(2,3)42-21-17-20-41(32-42)50-25-19-27-55-57(50)66(49-35-46(60(7,8)9)33-47(36-49)61(10,11)12)39-65(55,40-66)48-23-18-22-44(34-48)62(13,14)45-28-29-52-51-24-15-16-26-53(51)64(54(52)37-45)56-38-43(30-31-63-56)59(4,5)6/h15-39H,40H2,1-14H3/q+1/t65-,66+/m1/s1. The third-order valence-electron chi connectivity index (χ3n) is 15.1. The molecule has 3 aliphatic heterocycles. The minimum atomic E-state index is -0.304. The molecule has 1 saturated heterocycles. The van der Waals surface area contributed by atoms with E-state index in [1.54, 1.807) is 0 Å². The van der Waals surface area contributed by atoms with Crippen LogP contribution in [-0.4, -0.2) is 16.2 Å². The lowest BCUT2D eigenvalue weighted by molar-refractivity contribution is 0.187. The Labute approximate surface area is 394 Å². The highest BCUT2D eigenvalue weighted by Crippen LogP contribution is 2.68. The Morgan fingerprint density at radius 2 is 1.03 bits per heavy atom. The van der Waals surface area contributed by atoms with Crippen LogP contribution in [0.15, 0.2) is 146 Å². The number of nitrogens with zero attached hydrogens (tertiary/aromatic N) is 4. The van der Waals surface area contributed by atoms with Crippen molar-refractivity contribution in [2.75, 3.05) is 6.67 Å². The number of hydrogen-bond acceptors (Lipinski definition) is 1. The third-order valence-corrected chi connectivity index (χ3v) is 15.1.